The highest BCUT2D eigenvalue weighted by molar-refractivity contribution is 6.32. The van der Waals surface area contributed by atoms with E-state index >= 15 is 0 Å². The predicted octanol–water partition coefficient (Wildman–Crippen LogP) is 4.88. The molecule has 2 aromatic heterocycles. The standard InChI is InChI=1S/C19H17Cl2F2N5O2/c20-12-2-1-3-14(6-12)30-10-27-8-13(7-24-27)25-15(29)9-28-18(11-4-5-11)16(21)17(26-28)19(22)23/h1-3,6-8,11,19H,4-5,9-10H2,(H,25,29). The topological polar surface area (TPSA) is 74.0 Å². The van der Waals surface area contributed by atoms with Crippen molar-refractivity contribution in [1.29, 1.82) is 0 Å². The highest BCUT2D eigenvalue weighted by atomic mass is 35.5. The zero-order chi connectivity index (χ0) is 21.3. The molecular weight excluding hydrogens is 439 g/mol. The van der Waals surface area contributed by atoms with E-state index in [1.54, 1.807) is 30.5 Å². The second-order valence-corrected chi connectivity index (χ2v) is 7.68. The molecule has 4 rings (SSSR count). The molecular formula is C19H17Cl2F2N5O2. The molecule has 1 N–H and O–H groups in total. The average Bonchev–Trinajstić information content (AvgIpc) is 3.33. The molecule has 0 bridgehead atoms. The van der Waals surface area contributed by atoms with Gasteiger partial charge in [-0.3, -0.25) is 9.48 Å². The highest BCUT2D eigenvalue weighted by Crippen LogP contribution is 2.45. The van der Waals surface area contributed by atoms with Crippen molar-refractivity contribution in [2.24, 2.45) is 0 Å². The van der Waals surface area contributed by atoms with Gasteiger partial charge in [-0.2, -0.15) is 10.2 Å². The first-order valence-corrected chi connectivity index (χ1v) is 9.91. The third kappa shape index (κ3) is 4.73. The van der Waals surface area contributed by atoms with Gasteiger partial charge in [-0.1, -0.05) is 29.3 Å². The van der Waals surface area contributed by atoms with Crippen LogP contribution in [-0.2, 0) is 18.1 Å². The van der Waals surface area contributed by atoms with Gasteiger partial charge < -0.3 is 10.1 Å². The Bertz CT molecular complexity index is 1070. The van der Waals surface area contributed by atoms with Crippen molar-refractivity contribution in [1.82, 2.24) is 19.6 Å². The van der Waals surface area contributed by atoms with Gasteiger partial charge in [0.1, 0.15) is 18.0 Å². The molecule has 0 aliphatic heterocycles. The van der Waals surface area contributed by atoms with Gasteiger partial charge in [0, 0.05) is 10.9 Å². The lowest BCUT2D eigenvalue weighted by atomic mass is 10.2. The maximum absolute atomic E-state index is 13.1. The predicted molar refractivity (Wildman–Crippen MR) is 107 cm³/mol. The van der Waals surface area contributed by atoms with E-state index in [4.69, 9.17) is 27.9 Å². The number of anilines is 1. The van der Waals surface area contributed by atoms with Gasteiger partial charge in [-0.25, -0.2) is 13.5 Å². The Labute approximate surface area is 180 Å². The molecule has 2 heterocycles. The Morgan fingerprint density at radius 2 is 2.13 bits per heavy atom. The first-order valence-electron chi connectivity index (χ1n) is 9.15. The molecule has 0 atom stereocenters. The van der Waals surface area contributed by atoms with Crippen molar-refractivity contribution in [3.8, 4) is 5.75 Å². The fourth-order valence-corrected chi connectivity index (χ4v) is 3.56. The quantitative estimate of drug-likeness (QED) is 0.525. The summed E-state index contributed by atoms with van der Waals surface area (Å²) in [5.74, 6) is 0.227. The number of nitrogens with one attached hydrogen (secondary N) is 1. The van der Waals surface area contributed by atoms with Crippen LogP contribution >= 0.6 is 23.2 Å². The minimum atomic E-state index is -2.79. The fraction of sp³-hybridized carbons (Fsp3) is 0.316. The molecule has 158 valence electrons. The van der Waals surface area contributed by atoms with E-state index in [1.165, 1.54) is 15.6 Å². The maximum Gasteiger partial charge on any atom is 0.283 e. The summed E-state index contributed by atoms with van der Waals surface area (Å²) in [6.45, 7) is -0.100. The van der Waals surface area contributed by atoms with E-state index in [9.17, 15) is 13.6 Å². The van der Waals surface area contributed by atoms with Crippen LogP contribution in [-0.4, -0.2) is 25.5 Å². The average molecular weight is 456 g/mol. The number of aromatic nitrogens is 4. The van der Waals surface area contributed by atoms with Crippen LogP contribution < -0.4 is 10.1 Å². The molecule has 1 fully saturated rings. The summed E-state index contributed by atoms with van der Waals surface area (Å²) in [5.41, 5.74) is 0.445. The van der Waals surface area contributed by atoms with E-state index in [0.29, 0.717) is 22.2 Å². The SMILES string of the molecule is O=C(Cn1nc(C(F)F)c(Cl)c1C1CC1)Nc1cnn(COc2cccc(Cl)c2)c1. The lowest BCUT2D eigenvalue weighted by Crippen LogP contribution is -2.20. The molecule has 30 heavy (non-hydrogen) atoms. The first-order chi connectivity index (χ1) is 14.4. The van der Waals surface area contributed by atoms with E-state index in [2.05, 4.69) is 15.5 Å². The van der Waals surface area contributed by atoms with E-state index in [-0.39, 0.29) is 24.2 Å². The number of nitrogens with zero attached hydrogens (tertiary/aromatic N) is 4. The van der Waals surface area contributed by atoms with Gasteiger partial charge in [0.2, 0.25) is 5.91 Å². The van der Waals surface area contributed by atoms with Crippen LogP contribution in [0, 0.1) is 0 Å². The van der Waals surface area contributed by atoms with Crippen LogP contribution in [0.4, 0.5) is 14.5 Å². The number of rotatable bonds is 8. The van der Waals surface area contributed by atoms with E-state index in [0.717, 1.165) is 12.8 Å². The number of hydrogen-bond acceptors (Lipinski definition) is 4. The number of hydrogen-bond donors (Lipinski definition) is 1. The van der Waals surface area contributed by atoms with Crippen molar-refractivity contribution in [2.75, 3.05) is 5.32 Å². The van der Waals surface area contributed by atoms with Crippen molar-refractivity contribution < 1.29 is 18.3 Å². The molecule has 1 amide bonds. The molecule has 1 aliphatic rings. The fourth-order valence-electron chi connectivity index (χ4n) is 3.01. The van der Waals surface area contributed by atoms with E-state index < -0.39 is 18.0 Å². The van der Waals surface area contributed by atoms with Crippen LogP contribution in [0.3, 0.4) is 0 Å². The Kier molecular flexibility index (Phi) is 5.92. The smallest absolute Gasteiger partial charge is 0.283 e. The summed E-state index contributed by atoms with van der Waals surface area (Å²) in [7, 11) is 0. The van der Waals surface area contributed by atoms with Gasteiger partial charge >= 0.3 is 0 Å². The minimum absolute atomic E-state index is 0.0497. The summed E-state index contributed by atoms with van der Waals surface area (Å²) < 4.78 is 34.6. The molecule has 1 saturated carbocycles. The number of ether oxygens (including phenoxy) is 1. The van der Waals surface area contributed by atoms with Crippen LogP contribution in [0.5, 0.6) is 5.75 Å². The first kappa shape index (κ1) is 20.6. The third-order valence-electron chi connectivity index (χ3n) is 4.50. The Balaban J connectivity index is 1.38. The van der Waals surface area contributed by atoms with Crippen LogP contribution in [0.25, 0.3) is 0 Å². The Morgan fingerprint density at radius 3 is 2.83 bits per heavy atom. The normalized spacial score (nSPS) is 13.6. The maximum atomic E-state index is 13.1. The monoisotopic (exact) mass is 455 g/mol. The number of amides is 1. The molecule has 0 spiro atoms. The molecule has 11 heteroatoms. The van der Waals surface area contributed by atoms with Crippen LogP contribution in [0.15, 0.2) is 36.7 Å². The second-order valence-electron chi connectivity index (χ2n) is 6.86. The summed E-state index contributed by atoms with van der Waals surface area (Å²) in [5, 5.41) is 11.1. The highest BCUT2D eigenvalue weighted by Gasteiger charge is 2.34. The van der Waals surface area contributed by atoms with Crippen molar-refractivity contribution in [2.45, 2.75) is 38.5 Å². The molecule has 0 radical (unpaired) electrons. The summed E-state index contributed by atoms with van der Waals surface area (Å²) in [4.78, 5) is 12.4. The molecule has 7 nitrogen and oxygen atoms in total. The summed E-state index contributed by atoms with van der Waals surface area (Å²) in [6, 6.07) is 6.94. The van der Waals surface area contributed by atoms with Crippen molar-refractivity contribution >= 4 is 34.8 Å². The lowest BCUT2D eigenvalue weighted by Gasteiger charge is -2.07. The number of carbonyl (C=O) groups is 1. The Morgan fingerprint density at radius 1 is 1.33 bits per heavy atom. The molecule has 0 saturated heterocycles. The van der Waals surface area contributed by atoms with Gasteiger partial charge in [-0.15, -0.1) is 0 Å². The molecule has 0 unspecified atom stereocenters. The number of benzene rings is 1. The van der Waals surface area contributed by atoms with E-state index in [1.807, 2.05) is 0 Å². The molecule has 1 aliphatic carbocycles. The lowest BCUT2D eigenvalue weighted by molar-refractivity contribution is -0.117. The zero-order valence-corrected chi connectivity index (χ0v) is 17.1. The number of carbonyl (C=O) groups excluding carboxylic acids is 1. The zero-order valence-electron chi connectivity index (χ0n) is 15.6. The van der Waals surface area contributed by atoms with Crippen LogP contribution in [0.1, 0.15) is 36.6 Å². The van der Waals surface area contributed by atoms with Gasteiger partial charge in [-0.05, 0) is 31.0 Å². The minimum Gasteiger partial charge on any atom is -0.471 e. The summed E-state index contributed by atoms with van der Waals surface area (Å²) >= 11 is 12.0. The third-order valence-corrected chi connectivity index (χ3v) is 5.12. The second kappa shape index (κ2) is 8.61. The van der Waals surface area contributed by atoms with Gasteiger partial charge in [0.05, 0.1) is 28.8 Å². The van der Waals surface area contributed by atoms with Crippen LogP contribution in [0.2, 0.25) is 10.0 Å². The van der Waals surface area contributed by atoms with Gasteiger partial charge in [0.15, 0.2) is 6.73 Å². The molecule has 1 aromatic carbocycles. The van der Waals surface area contributed by atoms with Crippen molar-refractivity contribution in [3.05, 3.63) is 58.1 Å². The largest absolute Gasteiger partial charge is 0.471 e. The molecule has 3 aromatic rings. The number of halogens is 4. The summed E-state index contributed by atoms with van der Waals surface area (Å²) in [6.07, 6.45) is 1.94. The van der Waals surface area contributed by atoms with Gasteiger partial charge in [0.25, 0.3) is 6.43 Å². The Hall–Kier alpha value is -2.65. The van der Waals surface area contributed by atoms with Crippen molar-refractivity contribution in [3.63, 3.8) is 0 Å². The number of alkyl halides is 2.